The summed E-state index contributed by atoms with van der Waals surface area (Å²) in [6, 6.07) is 5.15. The normalized spacial score (nSPS) is 11.2. The molecule has 7 nitrogen and oxygen atoms in total. The van der Waals surface area contributed by atoms with Crippen LogP contribution in [0.1, 0.15) is 23.6 Å². The molecule has 0 radical (unpaired) electrons. The maximum Gasteiger partial charge on any atom is 0.191 e. The van der Waals surface area contributed by atoms with E-state index in [1.165, 1.54) is 6.07 Å². The standard InChI is InChI=1S/C18H26BrFN6O.HI/c1-13-24-25-17(26(13)2)12-23-18(22-9-10-27-3)21-8-4-5-14-6-7-15(19)11-16(14)20;/h6-7,11H,4-5,8-10,12H2,1-3H3,(H2,21,22,23);1H. The number of aromatic nitrogens is 3. The number of rotatable bonds is 9. The average molecular weight is 569 g/mol. The highest BCUT2D eigenvalue weighted by molar-refractivity contribution is 14.0. The Hall–Kier alpha value is -1.27. The number of hydrogen-bond donors (Lipinski definition) is 2. The monoisotopic (exact) mass is 568 g/mol. The van der Waals surface area contributed by atoms with Crippen LogP contribution in [-0.2, 0) is 24.8 Å². The summed E-state index contributed by atoms with van der Waals surface area (Å²) in [5.74, 6) is 2.12. The minimum absolute atomic E-state index is 0. The minimum Gasteiger partial charge on any atom is -0.383 e. The second kappa shape index (κ2) is 13.0. The van der Waals surface area contributed by atoms with Gasteiger partial charge in [-0.25, -0.2) is 9.38 Å². The van der Waals surface area contributed by atoms with Crippen molar-refractivity contribution in [2.45, 2.75) is 26.3 Å². The zero-order valence-electron chi connectivity index (χ0n) is 16.3. The van der Waals surface area contributed by atoms with Crippen molar-refractivity contribution >= 4 is 45.9 Å². The lowest BCUT2D eigenvalue weighted by atomic mass is 10.1. The summed E-state index contributed by atoms with van der Waals surface area (Å²) in [7, 11) is 3.57. The number of benzene rings is 1. The van der Waals surface area contributed by atoms with Crippen LogP contribution in [-0.4, -0.2) is 47.5 Å². The Kier molecular flexibility index (Phi) is 11.5. The molecule has 0 unspecified atom stereocenters. The van der Waals surface area contributed by atoms with E-state index in [9.17, 15) is 4.39 Å². The SMILES string of the molecule is COCCNC(=NCc1nnc(C)n1C)NCCCc1ccc(Br)cc1F.I. The molecule has 1 aromatic carbocycles. The highest BCUT2D eigenvalue weighted by atomic mass is 127. The van der Waals surface area contributed by atoms with E-state index in [0.717, 1.165) is 22.5 Å². The summed E-state index contributed by atoms with van der Waals surface area (Å²) in [6.45, 7) is 4.21. The number of ether oxygens (including phenoxy) is 1. The number of nitrogens with one attached hydrogen (secondary N) is 2. The van der Waals surface area contributed by atoms with Crippen LogP contribution in [0.5, 0.6) is 0 Å². The fraction of sp³-hybridized carbons (Fsp3) is 0.500. The van der Waals surface area contributed by atoms with E-state index in [4.69, 9.17) is 4.74 Å². The largest absolute Gasteiger partial charge is 0.383 e. The second-order valence-corrected chi connectivity index (χ2v) is 6.99. The number of halogens is 3. The number of guanidine groups is 1. The molecule has 2 N–H and O–H groups in total. The molecule has 10 heteroatoms. The molecule has 0 amide bonds. The molecule has 0 bridgehead atoms. The molecule has 0 atom stereocenters. The van der Waals surface area contributed by atoms with Gasteiger partial charge in [-0.1, -0.05) is 22.0 Å². The van der Waals surface area contributed by atoms with Gasteiger partial charge in [0.1, 0.15) is 18.2 Å². The third kappa shape index (κ3) is 8.00. The average Bonchev–Trinajstić information content (AvgIpc) is 2.96. The lowest BCUT2D eigenvalue weighted by Crippen LogP contribution is -2.39. The highest BCUT2D eigenvalue weighted by Gasteiger charge is 2.06. The topological polar surface area (TPSA) is 76.4 Å². The van der Waals surface area contributed by atoms with Gasteiger partial charge in [0.25, 0.3) is 0 Å². The lowest BCUT2D eigenvalue weighted by Gasteiger charge is -2.12. The van der Waals surface area contributed by atoms with Crippen molar-refractivity contribution in [3.8, 4) is 0 Å². The van der Waals surface area contributed by atoms with Gasteiger partial charge >= 0.3 is 0 Å². The van der Waals surface area contributed by atoms with Crippen molar-refractivity contribution in [1.82, 2.24) is 25.4 Å². The second-order valence-electron chi connectivity index (χ2n) is 6.07. The predicted molar refractivity (Wildman–Crippen MR) is 123 cm³/mol. The van der Waals surface area contributed by atoms with Gasteiger partial charge in [-0.2, -0.15) is 0 Å². The van der Waals surface area contributed by atoms with Crippen LogP contribution >= 0.6 is 39.9 Å². The lowest BCUT2D eigenvalue weighted by molar-refractivity contribution is 0.203. The third-order valence-corrected chi connectivity index (χ3v) is 4.58. The number of aryl methyl sites for hydroxylation is 2. The molecule has 1 aromatic heterocycles. The minimum atomic E-state index is -0.186. The summed E-state index contributed by atoms with van der Waals surface area (Å²) >= 11 is 3.27. The smallest absolute Gasteiger partial charge is 0.191 e. The molecule has 1 heterocycles. The summed E-state index contributed by atoms with van der Waals surface area (Å²) < 4.78 is 21.6. The van der Waals surface area contributed by atoms with Gasteiger partial charge in [0.2, 0.25) is 0 Å². The first-order chi connectivity index (χ1) is 13.0. The Bertz CT molecular complexity index is 771. The van der Waals surface area contributed by atoms with Crippen LogP contribution < -0.4 is 10.6 Å². The zero-order chi connectivity index (χ0) is 19.6. The zero-order valence-corrected chi connectivity index (χ0v) is 20.3. The number of aliphatic imine (C=N–C) groups is 1. The first kappa shape index (κ1) is 24.8. The summed E-state index contributed by atoms with van der Waals surface area (Å²) in [5.41, 5.74) is 0.709. The van der Waals surface area contributed by atoms with Crippen molar-refractivity contribution < 1.29 is 9.13 Å². The summed E-state index contributed by atoms with van der Waals surface area (Å²) in [5, 5.41) is 14.6. The molecule has 156 valence electrons. The number of hydrogen-bond acceptors (Lipinski definition) is 4. The van der Waals surface area contributed by atoms with Crippen LogP contribution in [0.2, 0.25) is 0 Å². The molecule has 0 saturated carbocycles. The van der Waals surface area contributed by atoms with E-state index >= 15 is 0 Å². The van der Waals surface area contributed by atoms with Crippen LogP contribution in [0.3, 0.4) is 0 Å². The fourth-order valence-corrected chi connectivity index (χ4v) is 2.73. The van der Waals surface area contributed by atoms with Gasteiger partial charge in [0.15, 0.2) is 11.8 Å². The molecule has 0 aliphatic rings. The predicted octanol–water partition coefficient (Wildman–Crippen LogP) is 2.96. The fourth-order valence-electron chi connectivity index (χ4n) is 2.39. The number of nitrogens with zero attached hydrogens (tertiary/aromatic N) is 4. The van der Waals surface area contributed by atoms with E-state index in [1.807, 2.05) is 30.7 Å². The van der Waals surface area contributed by atoms with Crippen LogP contribution in [0.15, 0.2) is 27.7 Å². The molecule has 2 rings (SSSR count). The Morgan fingerprint density at radius 2 is 2.04 bits per heavy atom. The van der Waals surface area contributed by atoms with E-state index in [2.05, 4.69) is 41.8 Å². The Balaban J connectivity index is 0.00000392. The van der Waals surface area contributed by atoms with Gasteiger partial charge in [0.05, 0.1) is 6.61 Å². The van der Waals surface area contributed by atoms with Crippen LogP contribution in [0.4, 0.5) is 4.39 Å². The molecule has 0 aliphatic carbocycles. The van der Waals surface area contributed by atoms with Crippen molar-refractivity contribution in [2.24, 2.45) is 12.0 Å². The maximum absolute atomic E-state index is 13.9. The Morgan fingerprint density at radius 3 is 2.68 bits per heavy atom. The summed E-state index contributed by atoms with van der Waals surface area (Å²) in [6.07, 6.45) is 1.44. The summed E-state index contributed by atoms with van der Waals surface area (Å²) in [4.78, 5) is 4.55. The molecule has 0 spiro atoms. The number of methoxy groups -OCH3 is 1. The van der Waals surface area contributed by atoms with Crippen molar-refractivity contribution in [3.05, 3.63) is 45.7 Å². The maximum atomic E-state index is 13.9. The molecular weight excluding hydrogens is 542 g/mol. The Morgan fingerprint density at radius 1 is 1.29 bits per heavy atom. The van der Waals surface area contributed by atoms with Gasteiger partial charge in [-0.3, -0.25) is 0 Å². The van der Waals surface area contributed by atoms with Gasteiger partial charge < -0.3 is 19.9 Å². The van der Waals surface area contributed by atoms with Gasteiger partial charge in [0, 0.05) is 31.7 Å². The van der Waals surface area contributed by atoms with E-state index in [-0.39, 0.29) is 29.8 Å². The Labute approximate surface area is 190 Å². The quantitative estimate of drug-likeness (QED) is 0.210. The van der Waals surface area contributed by atoms with Crippen LogP contribution in [0.25, 0.3) is 0 Å². The van der Waals surface area contributed by atoms with Gasteiger partial charge in [-0.05, 0) is 37.5 Å². The first-order valence-corrected chi connectivity index (χ1v) is 9.60. The molecule has 0 aliphatic heterocycles. The van der Waals surface area contributed by atoms with Crippen molar-refractivity contribution in [3.63, 3.8) is 0 Å². The van der Waals surface area contributed by atoms with Gasteiger partial charge in [-0.15, -0.1) is 34.2 Å². The molecule has 0 fully saturated rings. The third-order valence-electron chi connectivity index (χ3n) is 4.09. The molecular formula is C18H27BrFIN6O. The van der Waals surface area contributed by atoms with Crippen LogP contribution in [0, 0.1) is 12.7 Å². The first-order valence-electron chi connectivity index (χ1n) is 8.81. The van der Waals surface area contributed by atoms with E-state index in [1.54, 1.807) is 7.11 Å². The molecule has 2 aromatic rings. The van der Waals surface area contributed by atoms with Crippen molar-refractivity contribution in [2.75, 3.05) is 26.8 Å². The van der Waals surface area contributed by atoms with E-state index < -0.39 is 0 Å². The molecule has 0 saturated heterocycles. The highest BCUT2D eigenvalue weighted by Crippen LogP contribution is 2.16. The molecule has 28 heavy (non-hydrogen) atoms. The van der Waals surface area contributed by atoms with Crippen molar-refractivity contribution in [1.29, 1.82) is 0 Å². The van der Waals surface area contributed by atoms with E-state index in [0.29, 0.717) is 44.2 Å².